The van der Waals surface area contributed by atoms with Crippen LogP contribution in [0.25, 0.3) is 0 Å². The fourth-order valence-corrected chi connectivity index (χ4v) is 1.37. The number of aromatic amines is 1. The summed E-state index contributed by atoms with van der Waals surface area (Å²) in [5.74, 6) is 0. The number of benzene rings is 1. The molecular formula is C11H12N2. The van der Waals surface area contributed by atoms with Crippen LogP contribution >= 0.6 is 0 Å². The second-order valence-electron chi connectivity index (χ2n) is 3.20. The van der Waals surface area contributed by atoms with Gasteiger partial charge in [0.2, 0.25) is 0 Å². The van der Waals surface area contributed by atoms with E-state index in [1.54, 1.807) is 0 Å². The van der Waals surface area contributed by atoms with Gasteiger partial charge in [-0.25, -0.2) is 0 Å². The van der Waals surface area contributed by atoms with Crippen LogP contribution in [0.5, 0.6) is 0 Å². The molecule has 0 unspecified atom stereocenters. The number of rotatable bonds is 2. The average Bonchev–Trinajstić information content (AvgIpc) is 2.53. The van der Waals surface area contributed by atoms with Gasteiger partial charge in [0.1, 0.15) is 0 Å². The van der Waals surface area contributed by atoms with E-state index in [0.717, 1.165) is 17.8 Å². The zero-order valence-electron chi connectivity index (χ0n) is 7.62. The van der Waals surface area contributed by atoms with Crippen LogP contribution in [0.15, 0.2) is 36.4 Å². The van der Waals surface area contributed by atoms with Crippen molar-refractivity contribution >= 4 is 0 Å². The van der Waals surface area contributed by atoms with Crippen LogP contribution in [0.4, 0.5) is 0 Å². The van der Waals surface area contributed by atoms with Crippen molar-refractivity contribution in [3.63, 3.8) is 0 Å². The van der Waals surface area contributed by atoms with Crippen molar-refractivity contribution in [3.8, 4) is 0 Å². The summed E-state index contributed by atoms with van der Waals surface area (Å²) in [6, 6.07) is 12.4. The van der Waals surface area contributed by atoms with Gasteiger partial charge in [-0.15, -0.1) is 0 Å². The number of hydrogen-bond donors (Lipinski definition) is 1. The van der Waals surface area contributed by atoms with Crippen molar-refractivity contribution in [2.24, 2.45) is 0 Å². The van der Waals surface area contributed by atoms with Gasteiger partial charge in [-0.3, -0.25) is 5.10 Å². The number of nitrogens with zero attached hydrogens (tertiary/aromatic N) is 1. The summed E-state index contributed by atoms with van der Waals surface area (Å²) in [6.07, 6.45) is 0.908. The number of hydrogen-bond acceptors (Lipinski definition) is 1. The fourth-order valence-electron chi connectivity index (χ4n) is 1.37. The van der Waals surface area contributed by atoms with Crippen molar-refractivity contribution in [3.05, 3.63) is 53.3 Å². The second kappa shape index (κ2) is 3.44. The minimum absolute atomic E-state index is 0.908. The van der Waals surface area contributed by atoms with Crippen LogP contribution in [0, 0.1) is 6.92 Å². The van der Waals surface area contributed by atoms with Gasteiger partial charge in [-0.05, 0) is 18.6 Å². The van der Waals surface area contributed by atoms with Crippen molar-refractivity contribution in [2.45, 2.75) is 13.3 Å². The lowest BCUT2D eigenvalue weighted by atomic mass is 10.1. The first-order valence-electron chi connectivity index (χ1n) is 4.39. The fraction of sp³-hybridized carbons (Fsp3) is 0.182. The van der Waals surface area contributed by atoms with E-state index >= 15 is 0 Å². The molecule has 2 nitrogen and oxygen atoms in total. The van der Waals surface area contributed by atoms with Crippen molar-refractivity contribution in [1.29, 1.82) is 0 Å². The summed E-state index contributed by atoms with van der Waals surface area (Å²) in [6.45, 7) is 2.02. The maximum Gasteiger partial charge on any atom is 0.0668 e. The highest BCUT2D eigenvalue weighted by Crippen LogP contribution is 2.07. The molecule has 1 N–H and O–H groups in total. The Morgan fingerprint density at radius 3 is 2.62 bits per heavy atom. The third-order valence-corrected chi connectivity index (χ3v) is 1.99. The first kappa shape index (κ1) is 8.05. The predicted octanol–water partition coefficient (Wildman–Crippen LogP) is 2.31. The third-order valence-electron chi connectivity index (χ3n) is 1.99. The maximum atomic E-state index is 4.19. The Balaban J connectivity index is 2.15. The highest BCUT2D eigenvalue weighted by Gasteiger charge is 1.98. The summed E-state index contributed by atoms with van der Waals surface area (Å²) < 4.78 is 0. The Bertz CT molecular complexity index is 376. The summed E-state index contributed by atoms with van der Waals surface area (Å²) in [4.78, 5) is 0. The van der Waals surface area contributed by atoms with Crippen LogP contribution in [-0.2, 0) is 6.42 Å². The van der Waals surface area contributed by atoms with Crippen molar-refractivity contribution in [2.75, 3.05) is 0 Å². The van der Waals surface area contributed by atoms with Gasteiger partial charge < -0.3 is 0 Å². The smallest absolute Gasteiger partial charge is 0.0668 e. The van der Waals surface area contributed by atoms with E-state index in [4.69, 9.17) is 0 Å². The van der Waals surface area contributed by atoms with Crippen LogP contribution in [0.2, 0.25) is 0 Å². The lowest BCUT2D eigenvalue weighted by Gasteiger charge is -1.95. The number of aryl methyl sites for hydroxylation is 1. The van der Waals surface area contributed by atoms with E-state index in [1.807, 2.05) is 13.0 Å². The topological polar surface area (TPSA) is 28.7 Å². The molecule has 0 aliphatic carbocycles. The summed E-state index contributed by atoms with van der Waals surface area (Å²) in [5.41, 5.74) is 3.52. The molecule has 0 aliphatic rings. The van der Waals surface area contributed by atoms with E-state index in [0.29, 0.717) is 0 Å². The van der Waals surface area contributed by atoms with Crippen molar-refractivity contribution in [1.82, 2.24) is 10.2 Å². The molecule has 0 aliphatic heterocycles. The molecule has 0 spiro atoms. The number of H-pyrrole nitrogens is 1. The van der Waals surface area contributed by atoms with Gasteiger partial charge in [0, 0.05) is 12.1 Å². The molecule has 0 amide bonds. The van der Waals surface area contributed by atoms with E-state index in [2.05, 4.69) is 40.5 Å². The van der Waals surface area contributed by atoms with E-state index in [1.165, 1.54) is 5.56 Å². The Kier molecular flexibility index (Phi) is 2.13. The van der Waals surface area contributed by atoms with Gasteiger partial charge in [-0.1, -0.05) is 30.3 Å². The van der Waals surface area contributed by atoms with Gasteiger partial charge in [0.15, 0.2) is 0 Å². The summed E-state index contributed by atoms with van der Waals surface area (Å²) in [5, 5.41) is 7.12. The highest BCUT2D eigenvalue weighted by atomic mass is 15.1. The molecule has 0 saturated heterocycles. The lowest BCUT2D eigenvalue weighted by Crippen LogP contribution is -1.86. The Morgan fingerprint density at radius 2 is 2.00 bits per heavy atom. The lowest BCUT2D eigenvalue weighted by molar-refractivity contribution is 0.980. The first-order valence-corrected chi connectivity index (χ1v) is 4.39. The van der Waals surface area contributed by atoms with Crippen LogP contribution in [0.3, 0.4) is 0 Å². The largest absolute Gasteiger partial charge is 0.283 e. The molecule has 2 rings (SSSR count). The second-order valence-corrected chi connectivity index (χ2v) is 3.20. The molecule has 66 valence electrons. The zero-order chi connectivity index (χ0) is 9.10. The molecule has 0 fully saturated rings. The molecule has 13 heavy (non-hydrogen) atoms. The highest BCUT2D eigenvalue weighted by molar-refractivity contribution is 5.21. The average molecular weight is 172 g/mol. The molecule has 1 aromatic carbocycles. The predicted molar refractivity (Wildman–Crippen MR) is 52.6 cm³/mol. The zero-order valence-corrected chi connectivity index (χ0v) is 7.62. The monoisotopic (exact) mass is 172 g/mol. The maximum absolute atomic E-state index is 4.19. The van der Waals surface area contributed by atoms with Crippen LogP contribution in [0.1, 0.15) is 17.0 Å². The molecule has 0 saturated carbocycles. The minimum Gasteiger partial charge on any atom is -0.283 e. The summed E-state index contributed by atoms with van der Waals surface area (Å²) >= 11 is 0. The molecule has 0 bridgehead atoms. The number of nitrogens with one attached hydrogen (secondary N) is 1. The third kappa shape index (κ3) is 1.96. The molecule has 2 heteroatoms. The molecule has 0 radical (unpaired) electrons. The molecule has 2 aromatic rings. The Morgan fingerprint density at radius 1 is 1.23 bits per heavy atom. The summed E-state index contributed by atoms with van der Waals surface area (Å²) in [7, 11) is 0. The quantitative estimate of drug-likeness (QED) is 0.739. The Hall–Kier alpha value is -1.57. The molecule has 1 aromatic heterocycles. The molecular weight excluding hydrogens is 160 g/mol. The van der Waals surface area contributed by atoms with Crippen LogP contribution < -0.4 is 0 Å². The SMILES string of the molecule is Cc1cc(Cc2ccccc2)n[nH]1. The van der Waals surface area contributed by atoms with Gasteiger partial charge >= 0.3 is 0 Å². The van der Waals surface area contributed by atoms with Crippen LogP contribution in [-0.4, -0.2) is 10.2 Å². The van der Waals surface area contributed by atoms with Gasteiger partial charge in [0.05, 0.1) is 5.69 Å². The number of aromatic nitrogens is 2. The first-order chi connectivity index (χ1) is 6.34. The van der Waals surface area contributed by atoms with E-state index in [-0.39, 0.29) is 0 Å². The molecule has 0 atom stereocenters. The van der Waals surface area contributed by atoms with E-state index in [9.17, 15) is 0 Å². The van der Waals surface area contributed by atoms with E-state index < -0.39 is 0 Å². The molecule has 1 heterocycles. The minimum atomic E-state index is 0.908. The van der Waals surface area contributed by atoms with Crippen molar-refractivity contribution < 1.29 is 0 Å². The van der Waals surface area contributed by atoms with Gasteiger partial charge in [-0.2, -0.15) is 5.10 Å². The standard InChI is InChI=1S/C11H12N2/c1-9-7-11(13-12-9)8-10-5-3-2-4-6-10/h2-7H,8H2,1H3,(H,12,13). The Labute approximate surface area is 77.6 Å². The van der Waals surface area contributed by atoms with Gasteiger partial charge in [0.25, 0.3) is 0 Å². The normalized spacial score (nSPS) is 10.2.